The largest absolute Gasteiger partial charge is 0.507 e. The van der Waals surface area contributed by atoms with Crippen LogP contribution >= 0.6 is 12.6 Å². The monoisotopic (exact) mass is 238 g/mol. The lowest BCUT2D eigenvalue weighted by molar-refractivity contribution is 0.458. The van der Waals surface area contributed by atoms with Crippen LogP contribution in [0.2, 0.25) is 0 Å². The average Bonchev–Trinajstić information content (AvgIpc) is 2.28. The molecule has 0 saturated carbocycles. The molecule has 0 unspecified atom stereocenters. The molecule has 1 rings (SSSR count). The molecule has 1 nitrogen and oxygen atoms in total. The molecule has 0 fully saturated rings. The summed E-state index contributed by atoms with van der Waals surface area (Å²) in [6.07, 6.45) is 6.46. The minimum absolute atomic E-state index is 0.500. The van der Waals surface area contributed by atoms with Crippen molar-refractivity contribution in [2.24, 2.45) is 0 Å². The third-order valence-corrected chi connectivity index (χ3v) is 3.11. The van der Waals surface area contributed by atoms with E-state index in [0.29, 0.717) is 5.75 Å². The Bertz CT molecular complexity index is 305. The normalized spacial score (nSPS) is 10.7. The first-order valence-corrected chi connectivity index (χ1v) is 6.67. The molecule has 0 spiro atoms. The van der Waals surface area contributed by atoms with Gasteiger partial charge in [-0.2, -0.15) is 0 Å². The van der Waals surface area contributed by atoms with E-state index in [1.165, 1.54) is 0 Å². The summed E-state index contributed by atoms with van der Waals surface area (Å²) in [7, 11) is 0. The summed E-state index contributed by atoms with van der Waals surface area (Å²) in [4.78, 5) is 0.968. The Morgan fingerprint density at radius 3 is 1.81 bits per heavy atom. The van der Waals surface area contributed by atoms with Crippen molar-refractivity contribution in [2.45, 2.75) is 57.3 Å². The molecule has 0 saturated heterocycles. The fourth-order valence-corrected chi connectivity index (χ4v) is 2.17. The van der Waals surface area contributed by atoms with E-state index in [1.807, 2.05) is 12.1 Å². The second kappa shape index (κ2) is 6.85. The number of aryl methyl sites for hydroxylation is 2. The number of phenolic OH excluding ortho intramolecular Hbond substituents is 1. The quantitative estimate of drug-likeness (QED) is 0.705. The van der Waals surface area contributed by atoms with Crippen LogP contribution in [0.5, 0.6) is 5.75 Å². The molecular formula is C14H22OS. The molecule has 0 aromatic heterocycles. The maximum atomic E-state index is 10.1. The molecule has 1 N–H and O–H groups in total. The van der Waals surface area contributed by atoms with Gasteiger partial charge in [0.1, 0.15) is 5.75 Å². The number of phenols is 1. The highest BCUT2D eigenvalue weighted by Gasteiger charge is 2.08. The Balaban J connectivity index is 2.86. The Morgan fingerprint density at radius 2 is 1.44 bits per heavy atom. The van der Waals surface area contributed by atoms with Crippen molar-refractivity contribution in [1.29, 1.82) is 0 Å². The summed E-state index contributed by atoms with van der Waals surface area (Å²) < 4.78 is 0. The third-order valence-electron chi connectivity index (χ3n) is 2.85. The molecule has 0 aliphatic carbocycles. The molecule has 0 radical (unpaired) electrons. The summed E-state index contributed by atoms with van der Waals surface area (Å²) in [5, 5.41) is 10.1. The second-order valence-corrected chi connectivity index (χ2v) is 4.84. The number of unbranched alkanes of at least 4 members (excludes halogenated alkanes) is 2. The van der Waals surface area contributed by atoms with E-state index in [1.54, 1.807) is 0 Å². The Kier molecular flexibility index (Phi) is 5.75. The van der Waals surface area contributed by atoms with Crippen molar-refractivity contribution in [1.82, 2.24) is 0 Å². The van der Waals surface area contributed by atoms with Crippen molar-refractivity contribution >= 4 is 12.6 Å². The van der Waals surface area contributed by atoms with E-state index in [4.69, 9.17) is 0 Å². The van der Waals surface area contributed by atoms with Crippen LogP contribution < -0.4 is 0 Å². The van der Waals surface area contributed by atoms with Crippen molar-refractivity contribution in [2.75, 3.05) is 0 Å². The molecule has 90 valence electrons. The smallest absolute Gasteiger partial charge is 0.122 e. The van der Waals surface area contributed by atoms with Gasteiger partial charge in [0.15, 0.2) is 0 Å². The van der Waals surface area contributed by atoms with Gasteiger partial charge >= 0.3 is 0 Å². The molecule has 0 aliphatic rings. The van der Waals surface area contributed by atoms with Crippen molar-refractivity contribution < 1.29 is 5.11 Å². The molecule has 0 aliphatic heterocycles. The summed E-state index contributed by atoms with van der Waals surface area (Å²) in [6.45, 7) is 4.33. The second-order valence-electron chi connectivity index (χ2n) is 4.32. The first kappa shape index (κ1) is 13.4. The van der Waals surface area contributed by atoms with E-state index < -0.39 is 0 Å². The topological polar surface area (TPSA) is 20.2 Å². The predicted octanol–water partition coefficient (Wildman–Crippen LogP) is 4.37. The summed E-state index contributed by atoms with van der Waals surface area (Å²) in [5.41, 5.74) is 2.11. The number of rotatable bonds is 6. The van der Waals surface area contributed by atoms with Gasteiger partial charge in [-0.3, -0.25) is 0 Å². The zero-order valence-corrected chi connectivity index (χ0v) is 11.2. The third kappa shape index (κ3) is 3.75. The Morgan fingerprint density at radius 1 is 1.00 bits per heavy atom. The number of hydrogen-bond acceptors (Lipinski definition) is 2. The fraction of sp³-hybridized carbons (Fsp3) is 0.571. The molecular weight excluding hydrogens is 216 g/mol. The summed E-state index contributed by atoms with van der Waals surface area (Å²) in [6, 6.07) is 3.98. The minimum atomic E-state index is 0.500. The van der Waals surface area contributed by atoms with Crippen LogP contribution in [0.25, 0.3) is 0 Å². The highest BCUT2D eigenvalue weighted by Crippen LogP contribution is 2.28. The standard InChI is InChI=1S/C14H22OS/c1-3-5-7-11-9-13(16)10-12(14(11)15)8-6-4-2/h9-10,15-16H,3-8H2,1-2H3. The zero-order valence-electron chi connectivity index (χ0n) is 10.3. The van der Waals surface area contributed by atoms with Crippen LogP contribution in [-0.2, 0) is 12.8 Å². The Labute approximate surface area is 104 Å². The van der Waals surface area contributed by atoms with Gasteiger partial charge in [-0.15, -0.1) is 12.6 Å². The highest BCUT2D eigenvalue weighted by molar-refractivity contribution is 7.80. The predicted molar refractivity (Wildman–Crippen MR) is 72.6 cm³/mol. The highest BCUT2D eigenvalue weighted by atomic mass is 32.1. The fourth-order valence-electron chi connectivity index (χ4n) is 1.86. The number of aromatic hydroxyl groups is 1. The summed E-state index contributed by atoms with van der Waals surface area (Å²) in [5.74, 6) is 0.500. The van der Waals surface area contributed by atoms with E-state index in [-0.39, 0.29) is 0 Å². The molecule has 1 aromatic carbocycles. The Hall–Kier alpha value is -0.630. The van der Waals surface area contributed by atoms with Crippen molar-refractivity contribution in [3.63, 3.8) is 0 Å². The average molecular weight is 238 g/mol. The van der Waals surface area contributed by atoms with Crippen molar-refractivity contribution in [3.8, 4) is 5.75 Å². The lowest BCUT2D eigenvalue weighted by atomic mass is 10.0. The molecule has 0 bridgehead atoms. The molecule has 16 heavy (non-hydrogen) atoms. The molecule has 0 amide bonds. The van der Waals surface area contributed by atoms with E-state index in [2.05, 4.69) is 26.5 Å². The molecule has 1 aromatic rings. The SMILES string of the molecule is CCCCc1cc(S)cc(CCCC)c1O. The van der Waals surface area contributed by atoms with E-state index >= 15 is 0 Å². The summed E-state index contributed by atoms with van der Waals surface area (Å²) >= 11 is 4.40. The van der Waals surface area contributed by atoms with Gasteiger partial charge in [-0.05, 0) is 48.9 Å². The van der Waals surface area contributed by atoms with Crippen LogP contribution in [0.15, 0.2) is 17.0 Å². The van der Waals surface area contributed by atoms with Gasteiger partial charge in [0.25, 0.3) is 0 Å². The van der Waals surface area contributed by atoms with Gasteiger partial charge in [-0.1, -0.05) is 26.7 Å². The first-order valence-electron chi connectivity index (χ1n) is 6.22. The van der Waals surface area contributed by atoms with Crippen LogP contribution in [0.1, 0.15) is 50.7 Å². The number of benzene rings is 1. The maximum absolute atomic E-state index is 10.1. The van der Waals surface area contributed by atoms with Gasteiger partial charge in [0.05, 0.1) is 0 Å². The van der Waals surface area contributed by atoms with Crippen LogP contribution in [-0.4, -0.2) is 5.11 Å². The molecule has 0 heterocycles. The van der Waals surface area contributed by atoms with Gasteiger partial charge in [0.2, 0.25) is 0 Å². The van der Waals surface area contributed by atoms with E-state index in [9.17, 15) is 5.11 Å². The lowest BCUT2D eigenvalue weighted by Crippen LogP contribution is -1.93. The molecule has 2 heteroatoms. The minimum Gasteiger partial charge on any atom is -0.507 e. The van der Waals surface area contributed by atoms with Gasteiger partial charge in [0, 0.05) is 4.90 Å². The maximum Gasteiger partial charge on any atom is 0.122 e. The lowest BCUT2D eigenvalue weighted by Gasteiger charge is -2.10. The first-order chi connectivity index (χ1) is 7.69. The molecule has 0 atom stereocenters. The van der Waals surface area contributed by atoms with Crippen molar-refractivity contribution in [3.05, 3.63) is 23.3 Å². The van der Waals surface area contributed by atoms with Gasteiger partial charge in [-0.25, -0.2) is 0 Å². The zero-order chi connectivity index (χ0) is 12.0. The number of thiol groups is 1. The van der Waals surface area contributed by atoms with Crippen LogP contribution in [0.3, 0.4) is 0 Å². The number of hydrogen-bond donors (Lipinski definition) is 2. The van der Waals surface area contributed by atoms with Crippen LogP contribution in [0.4, 0.5) is 0 Å². The van der Waals surface area contributed by atoms with Gasteiger partial charge < -0.3 is 5.11 Å². The van der Waals surface area contributed by atoms with Crippen LogP contribution in [0, 0.1) is 0 Å². The van der Waals surface area contributed by atoms with E-state index in [0.717, 1.165) is 54.5 Å².